The molecule has 2 aromatic carbocycles. The van der Waals surface area contributed by atoms with Crippen LogP contribution in [-0.2, 0) is 27.1 Å². The number of hydrogen-bond acceptors (Lipinski definition) is 8. The number of carbonyl (C=O) groups excluding carboxylic acids is 3. The van der Waals surface area contributed by atoms with Crippen molar-refractivity contribution in [2.24, 2.45) is 0 Å². The molecule has 2 aromatic heterocycles. The number of anilines is 1. The van der Waals surface area contributed by atoms with E-state index in [0.29, 0.717) is 34.0 Å². The number of nitrogens with zero attached hydrogens (tertiary/aromatic N) is 1. The Kier molecular flexibility index (Phi) is 6.33. The standard InChI is InChI=1S/C26H22N2O6S/c1-32-26(31)22-17-11-10-16(15-6-3-2-4-7-15)12-20(17)35-24(22)28-21(29)13-33-25(30)18-8-5-9-19-23(18)27-14-34-19/h2-9,14,16H,10-13H2,1H3,(H,28,29). The molecular weight excluding hydrogens is 468 g/mol. The molecule has 35 heavy (non-hydrogen) atoms. The van der Waals surface area contributed by atoms with Gasteiger partial charge in [0.2, 0.25) is 0 Å². The summed E-state index contributed by atoms with van der Waals surface area (Å²) in [6.07, 6.45) is 3.63. The Morgan fingerprint density at radius 1 is 1.11 bits per heavy atom. The SMILES string of the molecule is COC(=O)c1c(NC(=O)COC(=O)c2cccc3ocnc23)sc2c1CCC(c1ccccc1)C2. The van der Waals surface area contributed by atoms with Crippen LogP contribution < -0.4 is 5.32 Å². The number of carbonyl (C=O) groups is 3. The van der Waals surface area contributed by atoms with Gasteiger partial charge in [-0.25, -0.2) is 14.6 Å². The van der Waals surface area contributed by atoms with E-state index >= 15 is 0 Å². The number of oxazole rings is 1. The van der Waals surface area contributed by atoms with E-state index in [9.17, 15) is 14.4 Å². The first-order valence-electron chi connectivity index (χ1n) is 11.1. The Balaban J connectivity index is 1.31. The molecule has 1 amide bonds. The van der Waals surface area contributed by atoms with Crippen LogP contribution in [0.4, 0.5) is 5.00 Å². The van der Waals surface area contributed by atoms with Gasteiger partial charge in [-0.05, 0) is 48.4 Å². The van der Waals surface area contributed by atoms with Crippen molar-refractivity contribution in [3.05, 3.63) is 82.1 Å². The molecule has 0 saturated carbocycles. The van der Waals surface area contributed by atoms with Gasteiger partial charge in [0, 0.05) is 4.88 Å². The summed E-state index contributed by atoms with van der Waals surface area (Å²) in [6.45, 7) is -0.511. The van der Waals surface area contributed by atoms with Crippen LogP contribution in [-0.4, -0.2) is 36.5 Å². The molecule has 5 rings (SSSR count). The summed E-state index contributed by atoms with van der Waals surface area (Å²) >= 11 is 1.37. The van der Waals surface area contributed by atoms with Crippen molar-refractivity contribution in [1.29, 1.82) is 0 Å². The molecule has 9 heteroatoms. The fourth-order valence-corrected chi connectivity index (χ4v) is 5.76. The Morgan fingerprint density at radius 3 is 2.74 bits per heavy atom. The fourth-order valence-electron chi connectivity index (χ4n) is 4.42. The van der Waals surface area contributed by atoms with Gasteiger partial charge >= 0.3 is 11.9 Å². The molecule has 8 nitrogen and oxygen atoms in total. The van der Waals surface area contributed by atoms with Gasteiger partial charge in [0.25, 0.3) is 5.91 Å². The third kappa shape index (κ3) is 4.54. The minimum atomic E-state index is -0.691. The lowest BCUT2D eigenvalue weighted by Crippen LogP contribution is -2.22. The van der Waals surface area contributed by atoms with Crippen molar-refractivity contribution >= 4 is 45.3 Å². The van der Waals surface area contributed by atoms with Crippen LogP contribution in [0.2, 0.25) is 0 Å². The van der Waals surface area contributed by atoms with Gasteiger partial charge in [0.1, 0.15) is 10.5 Å². The lowest BCUT2D eigenvalue weighted by Gasteiger charge is -2.22. The second-order valence-electron chi connectivity index (χ2n) is 8.18. The fraction of sp³-hybridized carbons (Fsp3) is 0.231. The van der Waals surface area contributed by atoms with E-state index in [2.05, 4.69) is 22.4 Å². The highest BCUT2D eigenvalue weighted by Crippen LogP contribution is 2.42. The van der Waals surface area contributed by atoms with Gasteiger partial charge in [-0.15, -0.1) is 11.3 Å². The number of methoxy groups -OCH3 is 1. The molecule has 1 atom stereocenters. The van der Waals surface area contributed by atoms with Crippen LogP contribution in [0.3, 0.4) is 0 Å². The number of fused-ring (bicyclic) bond motifs is 2. The molecule has 1 aliphatic carbocycles. The maximum atomic E-state index is 12.7. The Labute approximate surface area is 204 Å². The number of ether oxygens (including phenoxy) is 2. The van der Waals surface area contributed by atoms with E-state index in [-0.39, 0.29) is 5.56 Å². The molecule has 1 unspecified atom stereocenters. The van der Waals surface area contributed by atoms with Gasteiger partial charge in [-0.3, -0.25) is 4.79 Å². The van der Waals surface area contributed by atoms with Crippen molar-refractivity contribution in [2.75, 3.05) is 19.0 Å². The van der Waals surface area contributed by atoms with Crippen LogP contribution in [0, 0.1) is 0 Å². The quantitative estimate of drug-likeness (QED) is 0.389. The van der Waals surface area contributed by atoms with Crippen LogP contribution in [0.15, 0.2) is 59.3 Å². The average molecular weight is 491 g/mol. The molecule has 4 aromatic rings. The number of rotatable bonds is 6. The van der Waals surface area contributed by atoms with Crippen LogP contribution >= 0.6 is 11.3 Å². The number of nitrogens with one attached hydrogen (secondary N) is 1. The third-order valence-corrected chi connectivity index (χ3v) is 7.26. The summed E-state index contributed by atoms with van der Waals surface area (Å²) in [5.74, 6) is -1.39. The molecule has 0 fully saturated rings. The highest BCUT2D eigenvalue weighted by molar-refractivity contribution is 7.17. The van der Waals surface area contributed by atoms with E-state index < -0.39 is 24.5 Å². The van der Waals surface area contributed by atoms with Gasteiger partial charge in [-0.1, -0.05) is 36.4 Å². The summed E-state index contributed by atoms with van der Waals surface area (Å²) in [6, 6.07) is 15.1. The first-order chi connectivity index (χ1) is 17.0. The topological polar surface area (TPSA) is 108 Å². The average Bonchev–Trinajstić information content (AvgIpc) is 3.51. The number of aromatic nitrogens is 1. The Bertz CT molecular complexity index is 1410. The lowest BCUT2D eigenvalue weighted by atomic mass is 9.83. The van der Waals surface area contributed by atoms with E-state index in [4.69, 9.17) is 13.9 Å². The number of esters is 2. The number of para-hydroxylation sites is 1. The predicted octanol–water partition coefficient (Wildman–Crippen LogP) is 4.74. The predicted molar refractivity (Wildman–Crippen MR) is 130 cm³/mol. The first kappa shape index (κ1) is 22.8. The van der Waals surface area contributed by atoms with Crippen molar-refractivity contribution in [2.45, 2.75) is 25.2 Å². The van der Waals surface area contributed by atoms with Crippen molar-refractivity contribution in [3.63, 3.8) is 0 Å². The van der Waals surface area contributed by atoms with Gasteiger partial charge in [-0.2, -0.15) is 0 Å². The molecule has 1 N–H and O–H groups in total. The largest absolute Gasteiger partial charge is 0.465 e. The highest BCUT2D eigenvalue weighted by atomic mass is 32.1. The molecule has 0 bridgehead atoms. The van der Waals surface area contributed by atoms with Gasteiger partial charge in [0.05, 0.1) is 18.2 Å². The normalized spacial score (nSPS) is 14.8. The Hall–Kier alpha value is -3.98. The zero-order valence-corrected chi connectivity index (χ0v) is 19.7. The van der Waals surface area contributed by atoms with E-state index in [1.165, 1.54) is 30.4 Å². The highest BCUT2D eigenvalue weighted by Gasteiger charge is 2.30. The van der Waals surface area contributed by atoms with Crippen molar-refractivity contribution in [3.8, 4) is 0 Å². The second kappa shape index (κ2) is 9.71. The maximum Gasteiger partial charge on any atom is 0.341 e. The zero-order chi connectivity index (χ0) is 24.4. The molecule has 178 valence electrons. The van der Waals surface area contributed by atoms with Crippen molar-refractivity contribution in [1.82, 2.24) is 4.98 Å². The maximum absolute atomic E-state index is 12.7. The lowest BCUT2D eigenvalue weighted by molar-refractivity contribution is -0.119. The molecule has 0 aliphatic heterocycles. The summed E-state index contributed by atoms with van der Waals surface area (Å²) in [7, 11) is 1.32. The smallest absolute Gasteiger partial charge is 0.341 e. The third-order valence-electron chi connectivity index (χ3n) is 6.09. The second-order valence-corrected chi connectivity index (χ2v) is 9.28. The van der Waals surface area contributed by atoms with E-state index in [1.807, 2.05) is 18.2 Å². The van der Waals surface area contributed by atoms with Gasteiger partial charge in [0.15, 0.2) is 18.6 Å². The molecule has 0 spiro atoms. The molecule has 2 heterocycles. The number of benzene rings is 2. The monoisotopic (exact) mass is 490 g/mol. The Morgan fingerprint density at radius 2 is 1.94 bits per heavy atom. The van der Waals surface area contributed by atoms with Crippen LogP contribution in [0.5, 0.6) is 0 Å². The minimum Gasteiger partial charge on any atom is -0.465 e. The molecule has 0 radical (unpaired) electrons. The number of hydrogen-bond donors (Lipinski definition) is 1. The number of amides is 1. The van der Waals surface area contributed by atoms with Crippen LogP contribution in [0.1, 0.15) is 49.1 Å². The molecule has 1 aliphatic rings. The molecular formula is C26H22N2O6S. The molecule has 0 saturated heterocycles. The van der Waals surface area contributed by atoms with Crippen LogP contribution in [0.25, 0.3) is 11.1 Å². The summed E-state index contributed by atoms with van der Waals surface area (Å²) < 4.78 is 15.4. The minimum absolute atomic E-state index is 0.206. The van der Waals surface area contributed by atoms with E-state index in [1.54, 1.807) is 18.2 Å². The first-order valence-corrected chi connectivity index (χ1v) is 11.9. The zero-order valence-electron chi connectivity index (χ0n) is 18.9. The summed E-state index contributed by atoms with van der Waals surface area (Å²) in [4.78, 5) is 42.8. The summed E-state index contributed by atoms with van der Waals surface area (Å²) in [5, 5.41) is 3.16. The number of thiophene rings is 1. The van der Waals surface area contributed by atoms with Gasteiger partial charge < -0.3 is 19.2 Å². The van der Waals surface area contributed by atoms with Crippen molar-refractivity contribution < 1.29 is 28.3 Å². The summed E-state index contributed by atoms with van der Waals surface area (Å²) in [5.41, 5.74) is 3.57. The van der Waals surface area contributed by atoms with E-state index in [0.717, 1.165) is 23.3 Å².